The van der Waals surface area contributed by atoms with Gasteiger partial charge in [0.1, 0.15) is 5.82 Å². The molecule has 1 aromatic heterocycles. The number of carbonyl (C=O) groups is 2. The van der Waals surface area contributed by atoms with Crippen LogP contribution in [-0.2, 0) is 16.0 Å². The molecule has 138 valence electrons. The van der Waals surface area contributed by atoms with E-state index < -0.39 is 12.1 Å². The highest BCUT2D eigenvalue weighted by Crippen LogP contribution is 2.13. The minimum Gasteiger partial charge on any atom is -0.454 e. The van der Waals surface area contributed by atoms with Crippen molar-refractivity contribution in [1.82, 2.24) is 9.97 Å². The van der Waals surface area contributed by atoms with Crippen molar-refractivity contribution in [1.29, 1.82) is 0 Å². The summed E-state index contributed by atoms with van der Waals surface area (Å²) in [5.74, 6) is -0.454. The number of aromatic amines is 1. The van der Waals surface area contributed by atoms with Crippen molar-refractivity contribution >= 4 is 34.3 Å². The fourth-order valence-corrected chi connectivity index (χ4v) is 2.76. The first-order valence-electron chi connectivity index (χ1n) is 8.41. The van der Waals surface area contributed by atoms with Gasteiger partial charge >= 0.3 is 5.97 Å². The number of hydrogen-bond donors (Lipinski definition) is 1. The molecule has 1 heterocycles. The summed E-state index contributed by atoms with van der Waals surface area (Å²) in [6.45, 7) is 1.52. The fourth-order valence-electron chi connectivity index (χ4n) is 2.63. The number of para-hydroxylation sites is 1. The Morgan fingerprint density at radius 3 is 2.59 bits per heavy atom. The zero-order valence-corrected chi connectivity index (χ0v) is 15.3. The van der Waals surface area contributed by atoms with E-state index in [-0.39, 0.29) is 24.2 Å². The highest BCUT2D eigenvalue weighted by molar-refractivity contribution is 6.30. The highest BCUT2D eigenvalue weighted by Gasteiger charge is 2.19. The Balaban J connectivity index is 1.60. The number of nitrogens with zero attached hydrogens (tertiary/aromatic N) is 1. The molecule has 0 unspecified atom stereocenters. The topological polar surface area (TPSA) is 89.1 Å². The van der Waals surface area contributed by atoms with E-state index in [1.807, 2.05) is 0 Å². The molecule has 0 aliphatic carbocycles. The van der Waals surface area contributed by atoms with Crippen LogP contribution in [0.4, 0.5) is 0 Å². The molecule has 3 rings (SSSR count). The van der Waals surface area contributed by atoms with Crippen molar-refractivity contribution in [3.05, 3.63) is 75.3 Å². The number of aryl methyl sites for hydroxylation is 1. The quantitative estimate of drug-likeness (QED) is 0.520. The molecule has 0 radical (unpaired) electrons. The van der Waals surface area contributed by atoms with Gasteiger partial charge < -0.3 is 9.72 Å². The third kappa shape index (κ3) is 4.60. The molecule has 0 amide bonds. The number of carbonyl (C=O) groups excluding carboxylic acids is 2. The summed E-state index contributed by atoms with van der Waals surface area (Å²) in [7, 11) is 0. The minimum atomic E-state index is -0.915. The number of rotatable bonds is 6. The second-order valence-corrected chi connectivity index (χ2v) is 6.47. The molecule has 6 nitrogen and oxygen atoms in total. The van der Waals surface area contributed by atoms with Crippen molar-refractivity contribution in [2.24, 2.45) is 0 Å². The molecule has 0 bridgehead atoms. The van der Waals surface area contributed by atoms with Gasteiger partial charge in [-0.1, -0.05) is 23.7 Å². The van der Waals surface area contributed by atoms with Gasteiger partial charge in [0.25, 0.3) is 5.56 Å². The lowest BCUT2D eigenvalue weighted by molar-refractivity contribution is -0.146. The maximum absolute atomic E-state index is 12.3. The summed E-state index contributed by atoms with van der Waals surface area (Å²) in [5, 5.41) is 1.01. The maximum Gasteiger partial charge on any atom is 0.306 e. The number of esters is 1. The number of halogens is 1. The standard InChI is InChI=1S/C20H17ClN2O4/c1-12(19(25)13-6-8-14(21)9-7-13)27-18(24)11-10-17-22-16-5-3-2-4-15(16)20(26)23-17/h2-9,12H,10-11H2,1H3,(H,22,23,26)/t12-/m0/s1. The number of nitrogens with one attached hydrogen (secondary N) is 1. The van der Waals surface area contributed by atoms with Crippen LogP contribution < -0.4 is 5.56 Å². The van der Waals surface area contributed by atoms with Crippen LogP contribution in [0.2, 0.25) is 5.02 Å². The van der Waals surface area contributed by atoms with Crippen molar-refractivity contribution in [3.8, 4) is 0 Å². The number of benzene rings is 2. The first-order chi connectivity index (χ1) is 12.9. The lowest BCUT2D eigenvalue weighted by atomic mass is 10.1. The zero-order valence-electron chi connectivity index (χ0n) is 14.6. The predicted molar refractivity (Wildman–Crippen MR) is 102 cm³/mol. The third-order valence-corrected chi connectivity index (χ3v) is 4.29. The average molecular weight is 385 g/mol. The van der Waals surface area contributed by atoms with E-state index in [2.05, 4.69) is 9.97 Å². The normalized spacial score (nSPS) is 11.9. The molecule has 1 atom stereocenters. The van der Waals surface area contributed by atoms with Crippen molar-refractivity contribution in [2.75, 3.05) is 0 Å². The SMILES string of the molecule is C[C@H](OC(=O)CCc1nc2ccccc2c(=O)[nH]1)C(=O)c1ccc(Cl)cc1. The van der Waals surface area contributed by atoms with Crippen molar-refractivity contribution < 1.29 is 14.3 Å². The first kappa shape index (κ1) is 18.8. The highest BCUT2D eigenvalue weighted by atomic mass is 35.5. The molecule has 0 saturated carbocycles. The summed E-state index contributed by atoms with van der Waals surface area (Å²) in [5.41, 5.74) is 0.728. The Kier molecular flexibility index (Phi) is 5.66. The van der Waals surface area contributed by atoms with Gasteiger partial charge in [-0.25, -0.2) is 4.98 Å². The van der Waals surface area contributed by atoms with Gasteiger partial charge in [-0.2, -0.15) is 0 Å². The molecule has 3 aromatic rings. The van der Waals surface area contributed by atoms with E-state index in [1.54, 1.807) is 48.5 Å². The van der Waals surface area contributed by atoms with Crippen molar-refractivity contribution in [2.45, 2.75) is 25.9 Å². The minimum absolute atomic E-state index is 0.000478. The van der Waals surface area contributed by atoms with Crippen LogP contribution in [0.3, 0.4) is 0 Å². The number of ether oxygens (including phenoxy) is 1. The molecule has 0 spiro atoms. The number of Topliss-reactive ketones (excluding diaryl/α,β-unsaturated/α-hetero) is 1. The van der Waals surface area contributed by atoms with Gasteiger partial charge in [-0.15, -0.1) is 0 Å². The van der Waals surface area contributed by atoms with Crippen LogP contribution in [0.1, 0.15) is 29.5 Å². The zero-order chi connectivity index (χ0) is 19.4. The fraction of sp³-hybridized carbons (Fsp3) is 0.200. The summed E-state index contributed by atoms with van der Waals surface area (Å²) in [4.78, 5) is 43.3. The number of aromatic nitrogens is 2. The Hall–Kier alpha value is -2.99. The molecule has 7 heteroatoms. The Bertz CT molecular complexity index is 1040. The van der Waals surface area contributed by atoms with Crippen LogP contribution >= 0.6 is 11.6 Å². The van der Waals surface area contributed by atoms with E-state index in [0.29, 0.717) is 27.3 Å². The monoisotopic (exact) mass is 384 g/mol. The van der Waals surface area contributed by atoms with Gasteiger partial charge in [-0.05, 0) is 43.3 Å². The second kappa shape index (κ2) is 8.14. The van der Waals surface area contributed by atoms with E-state index in [9.17, 15) is 14.4 Å². The van der Waals surface area contributed by atoms with Crippen LogP contribution in [0.15, 0.2) is 53.3 Å². The number of H-pyrrole nitrogens is 1. The first-order valence-corrected chi connectivity index (χ1v) is 8.79. The molecule has 0 aliphatic rings. The number of fused-ring (bicyclic) bond motifs is 1. The predicted octanol–water partition coefficient (Wildman–Crippen LogP) is 3.32. The lowest BCUT2D eigenvalue weighted by Gasteiger charge is -2.12. The average Bonchev–Trinajstić information content (AvgIpc) is 2.66. The van der Waals surface area contributed by atoms with Crippen LogP contribution in [0.5, 0.6) is 0 Å². The van der Waals surface area contributed by atoms with Gasteiger partial charge in [-0.3, -0.25) is 14.4 Å². The molecular weight excluding hydrogens is 368 g/mol. The maximum atomic E-state index is 12.3. The molecule has 27 heavy (non-hydrogen) atoms. The summed E-state index contributed by atoms with van der Waals surface area (Å²) in [6.07, 6.45) is -0.706. The summed E-state index contributed by atoms with van der Waals surface area (Å²) >= 11 is 5.80. The van der Waals surface area contributed by atoms with Crippen LogP contribution in [0, 0.1) is 0 Å². The van der Waals surface area contributed by atoms with Crippen LogP contribution in [0.25, 0.3) is 10.9 Å². The molecule has 2 aromatic carbocycles. The summed E-state index contributed by atoms with van der Waals surface area (Å²) < 4.78 is 5.19. The second-order valence-electron chi connectivity index (χ2n) is 6.03. The smallest absolute Gasteiger partial charge is 0.306 e. The Morgan fingerprint density at radius 2 is 1.85 bits per heavy atom. The van der Waals surface area contributed by atoms with Crippen LogP contribution in [-0.4, -0.2) is 27.8 Å². The van der Waals surface area contributed by atoms with Gasteiger partial charge in [0.15, 0.2) is 6.10 Å². The molecule has 0 fully saturated rings. The molecule has 0 aliphatic heterocycles. The van der Waals surface area contributed by atoms with Gasteiger partial charge in [0.05, 0.1) is 17.3 Å². The lowest BCUT2D eigenvalue weighted by Crippen LogP contribution is -2.24. The van der Waals surface area contributed by atoms with Gasteiger partial charge in [0.2, 0.25) is 5.78 Å². The Labute approximate surface area is 160 Å². The van der Waals surface area contributed by atoms with E-state index in [0.717, 1.165) is 0 Å². The summed E-state index contributed by atoms with van der Waals surface area (Å²) in [6, 6.07) is 13.3. The van der Waals surface area contributed by atoms with E-state index in [1.165, 1.54) is 6.92 Å². The van der Waals surface area contributed by atoms with Gasteiger partial charge in [0, 0.05) is 17.0 Å². The van der Waals surface area contributed by atoms with Crippen molar-refractivity contribution in [3.63, 3.8) is 0 Å². The third-order valence-electron chi connectivity index (χ3n) is 4.03. The van der Waals surface area contributed by atoms with E-state index in [4.69, 9.17) is 16.3 Å². The largest absolute Gasteiger partial charge is 0.454 e. The molecule has 0 saturated heterocycles. The number of ketones is 1. The number of hydrogen-bond acceptors (Lipinski definition) is 5. The Morgan fingerprint density at radius 1 is 1.15 bits per heavy atom. The molecule has 1 N–H and O–H groups in total. The van der Waals surface area contributed by atoms with E-state index >= 15 is 0 Å². The molecular formula is C20H17ClN2O4.